The number of aromatic carboxylic acids is 1. The van der Waals surface area contributed by atoms with Crippen molar-refractivity contribution < 1.29 is 24.2 Å². The highest BCUT2D eigenvalue weighted by atomic mass is 16.6. The third-order valence-corrected chi connectivity index (χ3v) is 2.57. The van der Waals surface area contributed by atoms with Crippen molar-refractivity contribution in [3.8, 4) is 0 Å². The lowest BCUT2D eigenvalue weighted by molar-refractivity contribution is -0.121. The number of primary amides is 1. The fraction of sp³-hybridized carbons (Fsp3) is 0.583. The van der Waals surface area contributed by atoms with Gasteiger partial charge in [-0.3, -0.25) is 4.79 Å². The zero-order valence-electron chi connectivity index (χ0n) is 12.8. The Morgan fingerprint density at radius 3 is 2.45 bits per heavy atom. The molecule has 1 aromatic heterocycles. The van der Waals surface area contributed by atoms with E-state index in [-0.39, 0.29) is 17.9 Å². The van der Waals surface area contributed by atoms with Gasteiger partial charge >= 0.3 is 12.1 Å². The number of carbonyl (C=O) groups excluding carboxylic acids is 2. The number of alkyl carbamates (subject to hydrolysis) is 1. The van der Waals surface area contributed by atoms with E-state index in [2.05, 4.69) is 15.6 Å². The molecule has 4 N–H and O–H groups in total. The molecule has 0 saturated heterocycles. The first kappa shape index (κ1) is 17.4. The molecule has 122 valence electrons. The third kappa shape index (κ3) is 4.43. The molecule has 10 nitrogen and oxygen atoms in total. The Balaban J connectivity index is 2.96. The highest BCUT2D eigenvalue weighted by molar-refractivity contribution is 5.87. The van der Waals surface area contributed by atoms with Crippen molar-refractivity contribution in [3.05, 3.63) is 11.4 Å². The van der Waals surface area contributed by atoms with Crippen LogP contribution in [-0.4, -0.2) is 43.7 Å². The number of hydrogen-bond donors (Lipinski definition) is 3. The van der Waals surface area contributed by atoms with Crippen molar-refractivity contribution >= 4 is 18.0 Å². The molecule has 0 bridgehead atoms. The summed E-state index contributed by atoms with van der Waals surface area (Å²) in [6.07, 6.45) is -0.733. The van der Waals surface area contributed by atoms with Crippen molar-refractivity contribution in [1.82, 2.24) is 20.3 Å². The molecule has 0 fully saturated rings. The fourth-order valence-electron chi connectivity index (χ4n) is 1.55. The van der Waals surface area contributed by atoms with Gasteiger partial charge in [0.1, 0.15) is 11.6 Å². The molecule has 1 aromatic rings. The molecule has 1 unspecified atom stereocenters. The molecule has 1 rings (SSSR count). The van der Waals surface area contributed by atoms with E-state index in [1.807, 2.05) is 0 Å². The third-order valence-electron chi connectivity index (χ3n) is 2.57. The summed E-state index contributed by atoms with van der Waals surface area (Å²) in [7, 11) is 0. The number of carbonyl (C=O) groups is 3. The van der Waals surface area contributed by atoms with Gasteiger partial charge in [-0.2, -0.15) is 0 Å². The number of carboxylic acids is 1. The van der Waals surface area contributed by atoms with Crippen molar-refractivity contribution in [1.29, 1.82) is 0 Å². The van der Waals surface area contributed by atoms with E-state index in [9.17, 15) is 14.4 Å². The van der Waals surface area contributed by atoms with E-state index in [0.29, 0.717) is 0 Å². The van der Waals surface area contributed by atoms with E-state index in [0.717, 1.165) is 4.68 Å². The summed E-state index contributed by atoms with van der Waals surface area (Å²) in [5, 5.41) is 18.6. The van der Waals surface area contributed by atoms with Gasteiger partial charge in [-0.1, -0.05) is 5.21 Å². The van der Waals surface area contributed by atoms with Crippen molar-refractivity contribution in [2.75, 3.05) is 0 Å². The van der Waals surface area contributed by atoms with Crippen molar-refractivity contribution in [2.45, 2.75) is 45.9 Å². The predicted octanol–water partition coefficient (Wildman–Crippen LogP) is 0.0473. The Kier molecular flexibility index (Phi) is 5.07. The van der Waals surface area contributed by atoms with Gasteiger partial charge in [-0.05, 0) is 27.7 Å². The van der Waals surface area contributed by atoms with E-state index in [1.54, 1.807) is 20.8 Å². The molecule has 10 heteroatoms. The summed E-state index contributed by atoms with van der Waals surface area (Å²) in [5.41, 5.74) is 4.15. The number of nitrogens with one attached hydrogen (secondary N) is 1. The second-order valence-corrected chi connectivity index (χ2v) is 5.57. The lowest BCUT2D eigenvalue weighted by atomic mass is 10.2. The summed E-state index contributed by atoms with van der Waals surface area (Å²) < 4.78 is 6.10. The zero-order valence-corrected chi connectivity index (χ0v) is 12.8. The Hall–Kier alpha value is -2.65. The molecule has 0 aromatic carbocycles. The summed E-state index contributed by atoms with van der Waals surface area (Å²) in [6.45, 7) is 6.30. The molecule has 0 aliphatic carbocycles. The second-order valence-electron chi connectivity index (χ2n) is 5.57. The molecule has 1 heterocycles. The molecule has 0 radical (unpaired) electrons. The number of ether oxygens (including phenoxy) is 1. The van der Waals surface area contributed by atoms with Gasteiger partial charge in [0.25, 0.3) is 0 Å². The molecule has 0 aliphatic rings. The van der Waals surface area contributed by atoms with Crippen LogP contribution in [0, 0.1) is 0 Å². The van der Waals surface area contributed by atoms with Crippen LogP contribution in [0.2, 0.25) is 0 Å². The summed E-state index contributed by atoms with van der Waals surface area (Å²) in [4.78, 5) is 34.0. The number of nitrogens with two attached hydrogens (primary N) is 1. The van der Waals surface area contributed by atoms with Crippen LogP contribution in [0.25, 0.3) is 0 Å². The first-order valence-corrected chi connectivity index (χ1v) is 6.46. The van der Waals surface area contributed by atoms with Crippen LogP contribution in [0.4, 0.5) is 4.79 Å². The van der Waals surface area contributed by atoms with E-state index >= 15 is 0 Å². The number of nitrogens with zero attached hydrogens (tertiary/aromatic N) is 3. The monoisotopic (exact) mass is 313 g/mol. The van der Waals surface area contributed by atoms with E-state index < -0.39 is 29.6 Å². The van der Waals surface area contributed by atoms with Crippen LogP contribution in [-0.2, 0) is 16.1 Å². The topological polar surface area (TPSA) is 149 Å². The van der Waals surface area contributed by atoms with Gasteiger partial charge in [0.05, 0.1) is 12.2 Å². The molecular formula is C12H19N5O5. The van der Waals surface area contributed by atoms with E-state index in [1.165, 1.54) is 6.92 Å². The number of hydrogen-bond acceptors (Lipinski definition) is 6. The molecule has 2 amide bonds. The smallest absolute Gasteiger partial charge is 0.407 e. The van der Waals surface area contributed by atoms with Gasteiger partial charge in [-0.25, -0.2) is 14.3 Å². The second kappa shape index (κ2) is 6.41. The molecule has 22 heavy (non-hydrogen) atoms. The molecule has 0 spiro atoms. The van der Waals surface area contributed by atoms with Crippen molar-refractivity contribution in [3.63, 3.8) is 0 Å². The van der Waals surface area contributed by atoms with Gasteiger partial charge in [-0.15, -0.1) is 5.10 Å². The van der Waals surface area contributed by atoms with Crippen LogP contribution in [0.1, 0.15) is 49.9 Å². The minimum atomic E-state index is -1.33. The van der Waals surface area contributed by atoms with Gasteiger partial charge in [0, 0.05) is 0 Å². The normalized spacial score (nSPS) is 12.5. The van der Waals surface area contributed by atoms with Crippen molar-refractivity contribution in [2.24, 2.45) is 5.73 Å². The predicted molar refractivity (Wildman–Crippen MR) is 74.0 cm³/mol. The largest absolute Gasteiger partial charge is 0.476 e. The van der Waals surface area contributed by atoms with E-state index in [4.69, 9.17) is 15.6 Å². The highest BCUT2D eigenvalue weighted by Gasteiger charge is 2.25. The lowest BCUT2D eigenvalue weighted by Crippen LogP contribution is -2.34. The molecule has 0 aliphatic heterocycles. The fourth-order valence-corrected chi connectivity index (χ4v) is 1.55. The summed E-state index contributed by atoms with van der Waals surface area (Å²) in [6, 6.07) is -0.906. The maximum atomic E-state index is 11.6. The first-order valence-electron chi connectivity index (χ1n) is 6.46. The number of amides is 2. The number of aromatic nitrogens is 3. The van der Waals surface area contributed by atoms with Gasteiger partial charge in [0.2, 0.25) is 5.91 Å². The Bertz CT molecular complexity index is 589. The standard InChI is InChI=1S/C12H19N5O5/c1-6(9(13)18)17-7(8(10(19)20)15-16-17)5-14-11(21)22-12(2,3)4/h6H,5H2,1-4H3,(H2,13,18)(H,14,21)(H,19,20). The van der Waals surface area contributed by atoms with Crippen LogP contribution in [0.15, 0.2) is 0 Å². The Morgan fingerprint density at radius 1 is 1.41 bits per heavy atom. The quantitative estimate of drug-likeness (QED) is 0.694. The lowest BCUT2D eigenvalue weighted by Gasteiger charge is -2.20. The average Bonchev–Trinajstić information content (AvgIpc) is 2.76. The molecule has 1 atom stereocenters. The number of rotatable bonds is 5. The maximum absolute atomic E-state index is 11.6. The first-order chi connectivity index (χ1) is 10.0. The zero-order chi connectivity index (χ0) is 17.1. The Labute approximate surface area is 126 Å². The van der Waals surface area contributed by atoms with Gasteiger partial charge < -0.3 is 20.9 Å². The van der Waals surface area contributed by atoms with Crippen LogP contribution >= 0.6 is 0 Å². The summed E-state index contributed by atoms with van der Waals surface area (Å²) >= 11 is 0. The SMILES string of the molecule is CC(C(N)=O)n1nnc(C(=O)O)c1CNC(=O)OC(C)(C)C. The summed E-state index contributed by atoms with van der Waals surface area (Å²) in [5.74, 6) is -2.04. The molecule has 0 saturated carbocycles. The van der Waals surface area contributed by atoms with Crippen LogP contribution in [0.5, 0.6) is 0 Å². The minimum Gasteiger partial charge on any atom is -0.476 e. The highest BCUT2D eigenvalue weighted by Crippen LogP contribution is 2.13. The minimum absolute atomic E-state index is 0.0460. The number of carboxylic acid groups (broad SMARTS) is 1. The van der Waals surface area contributed by atoms with Gasteiger partial charge in [0.15, 0.2) is 5.69 Å². The molecular weight excluding hydrogens is 294 g/mol. The van der Waals surface area contributed by atoms with Crippen LogP contribution < -0.4 is 11.1 Å². The maximum Gasteiger partial charge on any atom is 0.407 e. The Morgan fingerprint density at radius 2 is 2.00 bits per heavy atom. The average molecular weight is 313 g/mol. The van der Waals surface area contributed by atoms with Crippen LogP contribution in [0.3, 0.4) is 0 Å².